The molecule has 2 heterocycles. The van der Waals surface area contributed by atoms with E-state index in [2.05, 4.69) is 9.97 Å². The molecule has 2 rings (SSSR count). The molecule has 0 radical (unpaired) electrons. The Morgan fingerprint density at radius 2 is 2.28 bits per heavy atom. The molecule has 4 nitrogen and oxygen atoms in total. The highest BCUT2D eigenvalue weighted by Gasteiger charge is 2.05. The molecule has 0 aliphatic carbocycles. The Morgan fingerprint density at radius 1 is 1.39 bits per heavy atom. The van der Waals surface area contributed by atoms with E-state index in [1.807, 2.05) is 31.2 Å². The van der Waals surface area contributed by atoms with Crippen LogP contribution >= 0.6 is 0 Å². The second-order valence-corrected chi connectivity index (χ2v) is 3.94. The third-order valence-electron chi connectivity index (χ3n) is 2.62. The molecule has 0 aromatic carbocycles. The summed E-state index contributed by atoms with van der Waals surface area (Å²) in [6.45, 7) is 2.25. The highest BCUT2D eigenvalue weighted by Crippen LogP contribution is 2.17. The second-order valence-electron chi connectivity index (χ2n) is 3.94. The molecule has 18 heavy (non-hydrogen) atoms. The number of carbonyl (C=O) groups excluding carboxylic acids is 1. The van der Waals surface area contributed by atoms with Crippen molar-refractivity contribution in [1.82, 2.24) is 9.97 Å². The standard InChI is InChI=1S/C14H16N2O2/c1-2-18-14(17)8-6-12-5-7-13(16-12)11-4-3-9-15-10-11/h3-5,7,9-10,16H,2,6,8H2,1H3. The van der Waals surface area contributed by atoms with Crippen LogP contribution in [0.5, 0.6) is 0 Å². The lowest BCUT2D eigenvalue weighted by Crippen LogP contribution is -2.05. The fourth-order valence-electron chi connectivity index (χ4n) is 1.75. The zero-order valence-electron chi connectivity index (χ0n) is 10.3. The Morgan fingerprint density at radius 3 is 3.00 bits per heavy atom. The van der Waals surface area contributed by atoms with Crippen LogP contribution in [0.2, 0.25) is 0 Å². The van der Waals surface area contributed by atoms with Crippen molar-refractivity contribution < 1.29 is 9.53 Å². The van der Waals surface area contributed by atoms with Crippen LogP contribution in [0.25, 0.3) is 11.3 Å². The number of hydrogen-bond donors (Lipinski definition) is 1. The smallest absolute Gasteiger partial charge is 0.306 e. The molecular weight excluding hydrogens is 228 g/mol. The van der Waals surface area contributed by atoms with Gasteiger partial charge in [0.1, 0.15) is 0 Å². The van der Waals surface area contributed by atoms with Gasteiger partial charge in [0.05, 0.1) is 13.0 Å². The molecule has 4 heteroatoms. The van der Waals surface area contributed by atoms with Gasteiger partial charge in [-0.05, 0) is 37.6 Å². The highest BCUT2D eigenvalue weighted by atomic mass is 16.5. The number of aromatic nitrogens is 2. The van der Waals surface area contributed by atoms with Crippen LogP contribution in [0.4, 0.5) is 0 Å². The summed E-state index contributed by atoms with van der Waals surface area (Å²) in [6, 6.07) is 7.88. The molecule has 2 aromatic heterocycles. The lowest BCUT2D eigenvalue weighted by Gasteiger charge is -2.00. The number of aromatic amines is 1. The van der Waals surface area contributed by atoms with Crippen LogP contribution in [0.1, 0.15) is 19.0 Å². The number of H-pyrrole nitrogens is 1. The summed E-state index contributed by atoms with van der Waals surface area (Å²) < 4.78 is 4.89. The first kappa shape index (κ1) is 12.4. The Balaban J connectivity index is 1.97. The van der Waals surface area contributed by atoms with Gasteiger partial charge in [-0.2, -0.15) is 0 Å². The van der Waals surface area contributed by atoms with Gasteiger partial charge in [0, 0.05) is 29.3 Å². The lowest BCUT2D eigenvalue weighted by atomic mass is 10.2. The number of hydrogen-bond acceptors (Lipinski definition) is 3. The minimum atomic E-state index is -0.157. The van der Waals surface area contributed by atoms with E-state index in [4.69, 9.17) is 4.74 Å². The minimum Gasteiger partial charge on any atom is -0.466 e. The molecule has 0 spiro atoms. The van der Waals surface area contributed by atoms with Crippen molar-refractivity contribution in [2.75, 3.05) is 6.61 Å². The fourth-order valence-corrected chi connectivity index (χ4v) is 1.75. The van der Waals surface area contributed by atoms with E-state index in [0.29, 0.717) is 19.4 Å². The predicted molar refractivity (Wildman–Crippen MR) is 69.0 cm³/mol. The van der Waals surface area contributed by atoms with E-state index >= 15 is 0 Å². The van der Waals surface area contributed by atoms with Gasteiger partial charge >= 0.3 is 5.97 Å². The number of nitrogens with one attached hydrogen (secondary N) is 1. The Kier molecular flexibility index (Phi) is 4.12. The number of carbonyl (C=O) groups is 1. The number of esters is 1. The molecule has 0 amide bonds. The van der Waals surface area contributed by atoms with Gasteiger partial charge in [-0.25, -0.2) is 0 Å². The van der Waals surface area contributed by atoms with Crippen molar-refractivity contribution in [3.8, 4) is 11.3 Å². The number of pyridine rings is 1. The summed E-state index contributed by atoms with van der Waals surface area (Å²) in [6.07, 6.45) is 4.62. The maximum atomic E-state index is 11.2. The first-order chi connectivity index (χ1) is 8.79. The second kappa shape index (κ2) is 6.00. The van der Waals surface area contributed by atoms with Crippen molar-refractivity contribution in [1.29, 1.82) is 0 Å². The largest absolute Gasteiger partial charge is 0.466 e. The first-order valence-corrected chi connectivity index (χ1v) is 6.03. The summed E-state index contributed by atoms with van der Waals surface area (Å²) in [5.41, 5.74) is 3.09. The van der Waals surface area contributed by atoms with Crippen molar-refractivity contribution in [3.05, 3.63) is 42.4 Å². The van der Waals surface area contributed by atoms with Crippen molar-refractivity contribution in [2.24, 2.45) is 0 Å². The zero-order chi connectivity index (χ0) is 12.8. The van der Waals surface area contributed by atoms with Gasteiger partial charge in [0.25, 0.3) is 0 Å². The van der Waals surface area contributed by atoms with Gasteiger partial charge in [-0.15, -0.1) is 0 Å². The molecular formula is C14H16N2O2. The monoisotopic (exact) mass is 244 g/mol. The summed E-state index contributed by atoms with van der Waals surface area (Å²) in [4.78, 5) is 18.6. The van der Waals surface area contributed by atoms with Crippen molar-refractivity contribution in [2.45, 2.75) is 19.8 Å². The topological polar surface area (TPSA) is 55.0 Å². The number of rotatable bonds is 5. The van der Waals surface area contributed by atoms with Crippen LogP contribution in [-0.2, 0) is 16.0 Å². The Bertz CT molecular complexity index is 506. The van der Waals surface area contributed by atoms with E-state index in [0.717, 1.165) is 17.0 Å². The van der Waals surface area contributed by atoms with Crippen LogP contribution in [-0.4, -0.2) is 22.5 Å². The van der Waals surface area contributed by atoms with Crippen LogP contribution < -0.4 is 0 Å². The van der Waals surface area contributed by atoms with E-state index in [1.165, 1.54) is 0 Å². The molecule has 0 aliphatic rings. The van der Waals surface area contributed by atoms with E-state index in [9.17, 15) is 4.79 Å². The van der Waals surface area contributed by atoms with Crippen molar-refractivity contribution >= 4 is 5.97 Å². The molecule has 2 aromatic rings. The zero-order valence-corrected chi connectivity index (χ0v) is 10.3. The third kappa shape index (κ3) is 3.20. The van der Waals surface area contributed by atoms with Gasteiger partial charge in [-0.3, -0.25) is 9.78 Å². The van der Waals surface area contributed by atoms with Crippen LogP contribution in [0, 0.1) is 0 Å². The van der Waals surface area contributed by atoms with E-state index in [-0.39, 0.29) is 5.97 Å². The molecule has 0 fully saturated rings. The average Bonchev–Trinajstić information content (AvgIpc) is 2.87. The maximum Gasteiger partial charge on any atom is 0.306 e. The van der Waals surface area contributed by atoms with Gasteiger partial charge in [0.15, 0.2) is 0 Å². The lowest BCUT2D eigenvalue weighted by molar-refractivity contribution is -0.143. The Hall–Kier alpha value is -2.10. The van der Waals surface area contributed by atoms with Crippen molar-refractivity contribution in [3.63, 3.8) is 0 Å². The number of aryl methyl sites for hydroxylation is 1. The van der Waals surface area contributed by atoms with Crippen LogP contribution in [0.3, 0.4) is 0 Å². The number of ether oxygens (including phenoxy) is 1. The quantitative estimate of drug-likeness (QED) is 0.822. The normalized spacial score (nSPS) is 10.3. The molecule has 0 saturated heterocycles. The molecule has 0 saturated carbocycles. The average molecular weight is 244 g/mol. The van der Waals surface area contributed by atoms with Gasteiger partial charge < -0.3 is 9.72 Å². The van der Waals surface area contributed by atoms with E-state index < -0.39 is 0 Å². The summed E-state index contributed by atoms with van der Waals surface area (Å²) >= 11 is 0. The highest BCUT2D eigenvalue weighted by molar-refractivity contribution is 5.69. The van der Waals surface area contributed by atoms with E-state index in [1.54, 1.807) is 12.4 Å². The summed E-state index contributed by atoms with van der Waals surface area (Å²) in [5.74, 6) is -0.157. The third-order valence-corrected chi connectivity index (χ3v) is 2.62. The SMILES string of the molecule is CCOC(=O)CCc1ccc(-c2cccnc2)[nH]1. The molecule has 0 aliphatic heterocycles. The molecule has 0 bridgehead atoms. The fraction of sp³-hybridized carbons (Fsp3) is 0.286. The molecule has 94 valence electrons. The number of nitrogens with zero attached hydrogens (tertiary/aromatic N) is 1. The first-order valence-electron chi connectivity index (χ1n) is 6.03. The minimum absolute atomic E-state index is 0.157. The maximum absolute atomic E-state index is 11.2. The van der Waals surface area contributed by atoms with Gasteiger partial charge in [0.2, 0.25) is 0 Å². The molecule has 0 unspecified atom stereocenters. The van der Waals surface area contributed by atoms with Crippen LogP contribution in [0.15, 0.2) is 36.7 Å². The summed E-state index contributed by atoms with van der Waals surface area (Å²) in [5, 5.41) is 0. The molecule has 0 atom stereocenters. The Labute approximate surface area is 106 Å². The predicted octanol–water partition coefficient (Wildman–Crippen LogP) is 2.57. The summed E-state index contributed by atoms with van der Waals surface area (Å²) in [7, 11) is 0. The molecule has 1 N–H and O–H groups in total. The van der Waals surface area contributed by atoms with Gasteiger partial charge in [-0.1, -0.05) is 0 Å².